The molecule has 2 atom stereocenters. The van der Waals surface area contributed by atoms with Crippen molar-refractivity contribution in [2.24, 2.45) is 0 Å². The maximum atomic E-state index is 11.5. The van der Waals surface area contributed by atoms with Crippen LogP contribution in [0.25, 0.3) is 0 Å². The number of nitrogens with zero attached hydrogens (tertiary/aromatic N) is 1. The monoisotopic (exact) mass is 304 g/mol. The molecular weight excluding hydrogens is 288 g/mol. The molecule has 0 aliphatic heterocycles. The van der Waals surface area contributed by atoms with Crippen LogP contribution >= 0.6 is 27.3 Å². The van der Waals surface area contributed by atoms with Crippen LogP contribution < -0.4 is 5.32 Å². The van der Waals surface area contributed by atoms with Gasteiger partial charge in [0.2, 0.25) is 5.91 Å². The molecule has 1 aromatic heterocycles. The molecule has 90 valence electrons. The van der Waals surface area contributed by atoms with E-state index in [9.17, 15) is 4.79 Å². The quantitative estimate of drug-likeness (QED) is 0.846. The summed E-state index contributed by atoms with van der Waals surface area (Å²) in [6.45, 7) is 2.47. The molecule has 1 heterocycles. The van der Waals surface area contributed by atoms with Gasteiger partial charge in [-0.3, -0.25) is 4.79 Å². The van der Waals surface area contributed by atoms with Gasteiger partial charge in [-0.2, -0.15) is 0 Å². The van der Waals surface area contributed by atoms with Crippen LogP contribution in [0.2, 0.25) is 0 Å². The minimum absolute atomic E-state index is 0.0309. The molecule has 2 unspecified atom stereocenters. The molecule has 0 fully saturated rings. The highest BCUT2D eigenvalue weighted by molar-refractivity contribution is 9.10. The molecule has 0 aromatic carbocycles. The van der Waals surface area contributed by atoms with E-state index in [1.54, 1.807) is 11.3 Å². The van der Waals surface area contributed by atoms with E-state index in [0.29, 0.717) is 6.54 Å². The van der Waals surface area contributed by atoms with Gasteiger partial charge in [0.05, 0.1) is 10.9 Å². The Balaban J connectivity index is 2.57. The summed E-state index contributed by atoms with van der Waals surface area (Å²) in [5.74, 6) is 0.0309. The van der Waals surface area contributed by atoms with Crippen LogP contribution in [0, 0.1) is 0 Å². The highest BCUT2D eigenvalue weighted by Crippen LogP contribution is 2.22. The molecule has 0 aliphatic carbocycles. The number of hydrogen-bond acceptors (Lipinski definition) is 3. The lowest BCUT2D eigenvalue weighted by molar-refractivity contribution is -0.120. The fraction of sp³-hybridized carbons (Fsp3) is 0.545. The number of thiophene rings is 1. The standard InChI is InChI=1S/C11H17BrN2OS/c1-8(12)11(15)13-7-9(14(2)3)10-5-4-6-16-10/h4-6,8-9H,7H2,1-3H3,(H,13,15). The first kappa shape index (κ1) is 13.7. The van der Waals surface area contributed by atoms with E-state index in [1.165, 1.54) is 4.88 Å². The Bertz CT molecular complexity index is 325. The van der Waals surface area contributed by atoms with Crippen molar-refractivity contribution < 1.29 is 4.79 Å². The Labute approximate surface area is 109 Å². The highest BCUT2D eigenvalue weighted by Gasteiger charge is 2.17. The lowest BCUT2D eigenvalue weighted by Crippen LogP contribution is -2.36. The fourth-order valence-electron chi connectivity index (χ4n) is 1.36. The number of amides is 1. The second-order valence-electron chi connectivity index (χ2n) is 3.86. The van der Waals surface area contributed by atoms with Gasteiger partial charge in [0.1, 0.15) is 0 Å². The summed E-state index contributed by atoms with van der Waals surface area (Å²) in [6, 6.07) is 4.38. The van der Waals surface area contributed by atoms with Crippen molar-refractivity contribution in [2.45, 2.75) is 17.8 Å². The van der Waals surface area contributed by atoms with Gasteiger partial charge in [-0.15, -0.1) is 11.3 Å². The van der Waals surface area contributed by atoms with E-state index in [0.717, 1.165) is 0 Å². The molecule has 1 aromatic rings. The maximum absolute atomic E-state index is 11.5. The van der Waals surface area contributed by atoms with E-state index in [1.807, 2.05) is 27.1 Å². The van der Waals surface area contributed by atoms with Crippen LogP contribution in [0.3, 0.4) is 0 Å². The molecule has 1 amide bonds. The molecule has 0 saturated carbocycles. The molecule has 1 rings (SSSR count). The maximum Gasteiger partial charge on any atom is 0.233 e. The molecule has 1 N–H and O–H groups in total. The zero-order valence-electron chi connectivity index (χ0n) is 9.74. The molecule has 16 heavy (non-hydrogen) atoms. The molecule has 0 spiro atoms. The minimum Gasteiger partial charge on any atom is -0.353 e. The van der Waals surface area contributed by atoms with Gasteiger partial charge in [0, 0.05) is 11.4 Å². The van der Waals surface area contributed by atoms with Gasteiger partial charge in [-0.25, -0.2) is 0 Å². The normalized spacial score (nSPS) is 14.8. The largest absolute Gasteiger partial charge is 0.353 e. The Morgan fingerprint density at radius 2 is 2.31 bits per heavy atom. The first-order valence-corrected chi connectivity index (χ1v) is 6.93. The van der Waals surface area contributed by atoms with Gasteiger partial charge >= 0.3 is 0 Å². The second kappa shape index (κ2) is 6.37. The summed E-state index contributed by atoms with van der Waals surface area (Å²) in [5, 5.41) is 4.99. The van der Waals surface area contributed by atoms with E-state index >= 15 is 0 Å². The number of halogens is 1. The van der Waals surface area contributed by atoms with Crippen molar-refractivity contribution in [1.29, 1.82) is 0 Å². The average molecular weight is 305 g/mol. The molecule has 0 aliphatic rings. The second-order valence-corrected chi connectivity index (χ2v) is 6.21. The number of alkyl halides is 1. The smallest absolute Gasteiger partial charge is 0.233 e. The van der Waals surface area contributed by atoms with E-state index in [2.05, 4.69) is 37.6 Å². The van der Waals surface area contributed by atoms with E-state index in [-0.39, 0.29) is 16.8 Å². The first-order valence-electron chi connectivity index (χ1n) is 5.14. The zero-order valence-corrected chi connectivity index (χ0v) is 12.1. The number of likely N-dealkylation sites (N-methyl/N-ethyl adjacent to an activating group) is 1. The van der Waals surface area contributed by atoms with Crippen LogP contribution in [0.5, 0.6) is 0 Å². The van der Waals surface area contributed by atoms with Crippen LogP contribution in [0.4, 0.5) is 0 Å². The highest BCUT2D eigenvalue weighted by atomic mass is 79.9. The van der Waals surface area contributed by atoms with Gasteiger partial charge in [-0.1, -0.05) is 22.0 Å². The third-order valence-electron chi connectivity index (χ3n) is 2.33. The van der Waals surface area contributed by atoms with Gasteiger partial charge in [0.25, 0.3) is 0 Å². The molecule has 5 heteroatoms. The molecule has 3 nitrogen and oxygen atoms in total. The van der Waals surface area contributed by atoms with Crippen molar-refractivity contribution in [3.63, 3.8) is 0 Å². The lowest BCUT2D eigenvalue weighted by atomic mass is 10.2. The Morgan fingerprint density at radius 1 is 1.62 bits per heavy atom. The van der Waals surface area contributed by atoms with E-state index < -0.39 is 0 Å². The third kappa shape index (κ3) is 3.88. The van der Waals surface area contributed by atoms with Gasteiger partial charge in [-0.05, 0) is 32.5 Å². The van der Waals surface area contributed by atoms with Crippen LogP contribution in [-0.4, -0.2) is 36.3 Å². The Morgan fingerprint density at radius 3 is 2.75 bits per heavy atom. The Hall–Kier alpha value is -0.390. The van der Waals surface area contributed by atoms with Crippen molar-refractivity contribution in [2.75, 3.05) is 20.6 Å². The van der Waals surface area contributed by atoms with Crippen molar-refractivity contribution >= 4 is 33.2 Å². The SMILES string of the molecule is CC(Br)C(=O)NCC(c1cccs1)N(C)C. The summed E-state index contributed by atoms with van der Waals surface area (Å²) in [4.78, 5) is 14.7. The lowest BCUT2D eigenvalue weighted by Gasteiger charge is -2.23. The number of rotatable bonds is 5. The molecule has 0 bridgehead atoms. The summed E-state index contributed by atoms with van der Waals surface area (Å²) in [7, 11) is 4.04. The van der Waals surface area contributed by atoms with E-state index in [4.69, 9.17) is 0 Å². The molecule has 0 saturated heterocycles. The fourth-order valence-corrected chi connectivity index (χ4v) is 2.44. The molecular formula is C11H17BrN2OS. The van der Waals surface area contributed by atoms with Crippen molar-refractivity contribution in [3.05, 3.63) is 22.4 Å². The first-order chi connectivity index (χ1) is 7.52. The van der Waals surface area contributed by atoms with Crippen LogP contribution in [-0.2, 0) is 4.79 Å². The number of nitrogens with one attached hydrogen (secondary N) is 1. The number of carbonyl (C=O) groups is 1. The summed E-state index contributed by atoms with van der Waals surface area (Å²) < 4.78 is 0. The predicted octanol–water partition coefficient (Wildman–Crippen LogP) is 2.25. The summed E-state index contributed by atoms with van der Waals surface area (Å²) in [5.41, 5.74) is 0. The van der Waals surface area contributed by atoms with Crippen molar-refractivity contribution in [1.82, 2.24) is 10.2 Å². The summed E-state index contributed by atoms with van der Waals surface area (Å²) in [6.07, 6.45) is 0. The molecule has 0 radical (unpaired) electrons. The zero-order chi connectivity index (χ0) is 12.1. The van der Waals surface area contributed by atoms with Gasteiger partial charge < -0.3 is 10.2 Å². The van der Waals surface area contributed by atoms with Crippen LogP contribution in [0.1, 0.15) is 17.8 Å². The number of hydrogen-bond donors (Lipinski definition) is 1. The average Bonchev–Trinajstić information content (AvgIpc) is 2.70. The third-order valence-corrected chi connectivity index (χ3v) is 3.72. The number of carbonyl (C=O) groups excluding carboxylic acids is 1. The minimum atomic E-state index is -0.140. The topological polar surface area (TPSA) is 32.3 Å². The predicted molar refractivity (Wildman–Crippen MR) is 72.1 cm³/mol. The summed E-state index contributed by atoms with van der Waals surface area (Å²) >= 11 is 4.97. The Kier molecular flexibility index (Phi) is 5.44. The van der Waals surface area contributed by atoms with Crippen LogP contribution in [0.15, 0.2) is 17.5 Å². The van der Waals surface area contributed by atoms with Gasteiger partial charge in [0.15, 0.2) is 0 Å². The van der Waals surface area contributed by atoms with Crippen molar-refractivity contribution in [3.8, 4) is 0 Å².